The second kappa shape index (κ2) is 5.66. The number of carboxylic acid groups (broad SMARTS) is 1. The van der Waals surface area contributed by atoms with Crippen molar-refractivity contribution in [2.24, 2.45) is 7.05 Å². The van der Waals surface area contributed by atoms with E-state index < -0.39 is 16.0 Å². The van der Waals surface area contributed by atoms with Gasteiger partial charge in [-0.25, -0.2) is 17.9 Å². The number of carbonyl (C=O) groups is 1. The molecule has 2 aromatic rings. The van der Waals surface area contributed by atoms with Crippen LogP contribution in [-0.2, 0) is 23.6 Å². The zero-order valence-corrected chi connectivity index (χ0v) is 12.4. The van der Waals surface area contributed by atoms with Gasteiger partial charge in [0.05, 0.1) is 16.2 Å². The van der Waals surface area contributed by atoms with Crippen LogP contribution in [0.15, 0.2) is 35.4 Å². The van der Waals surface area contributed by atoms with E-state index in [2.05, 4.69) is 9.82 Å². The zero-order chi connectivity index (χ0) is 15.6. The molecular formula is C13H15N3O4S. The van der Waals surface area contributed by atoms with Crippen molar-refractivity contribution in [3.8, 4) is 0 Å². The second-order valence-corrected chi connectivity index (χ2v) is 6.34. The molecule has 0 spiro atoms. The van der Waals surface area contributed by atoms with E-state index in [1.807, 2.05) is 0 Å². The summed E-state index contributed by atoms with van der Waals surface area (Å²) in [6.45, 7) is 1.88. The quantitative estimate of drug-likeness (QED) is 0.854. The third-order valence-electron chi connectivity index (χ3n) is 2.96. The standard InChI is InChI=1S/C13H15N3O4S/c1-9-11(8-16(2)15-9)7-14-21(19,20)12-5-3-4-10(6-12)13(17)18/h3-6,8,14H,7H2,1-2H3,(H,17,18). The van der Waals surface area contributed by atoms with Gasteiger partial charge < -0.3 is 5.11 Å². The highest BCUT2D eigenvalue weighted by atomic mass is 32.2. The van der Waals surface area contributed by atoms with Gasteiger partial charge in [-0.05, 0) is 25.1 Å². The number of nitrogens with one attached hydrogen (secondary N) is 1. The highest BCUT2D eigenvalue weighted by Gasteiger charge is 2.16. The average molecular weight is 309 g/mol. The van der Waals surface area contributed by atoms with Crippen molar-refractivity contribution in [2.75, 3.05) is 0 Å². The molecule has 21 heavy (non-hydrogen) atoms. The Labute approximate surface area is 122 Å². The van der Waals surface area contributed by atoms with Gasteiger partial charge in [-0.15, -0.1) is 0 Å². The van der Waals surface area contributed by atoms with Crippen LogP contribution >= 0.6 is 0 Å². The summed E-state index contributed by atoms with van der Waals surface area (Å²) in [7, 11) is -2.02. The molecule has 0 saturated heterocycles. The molecule has 1 aromatic heterocycles. The lowest BCUT2D eigenvalue weighted by Crippen LogP contribution is -2.23. The molecule has 2 N–H and O–H groups in total. The third-order valence-corrected chi connectivity index (χ3v) is 4.36. The SMILES string of the molecule is Cc1nn(C)cc1CNS(=O)(=O)c1cccc(C(=O)O)c1. The molecule has 0 atom stereocenters. The van der Waals surface area contributed by atoms with Gasteiger partial charge in [-0.1, -0.05) is 6.07 Å². The molecule has 0 aliphatic carbocycles. The number of sulfonamides is 1. The van der Waals surface area contributed by atoms with Crippen LogP contribution in [0, 0.1) is 6.92 Å². The summed E-state index contributed by atoms with van der Waals surface area (Å²) >= 11 is 0. The molecule has 1 aromatic carbocycles. The maximum atomic E-state index is 12.2. The molecule has 0 bridgehead atoms. The molecule has 0 amide bonds. The highest BCUT2D eigenvalue weighted by Crippen LogP contribution is 2.13. The van der Waals surface area contributed by atoms with E-state index >= 15 is 0 Å². The number of hydrogen-bond acceptors (Lipinski definition) is 4. The summed E-state index contributed by atoms with van der Waals surface area (Å²) in [5.41, 5.74) is 1.42. The van der Waals surface area contributed by atoms with E-state index in [1.165, 1.54) is 18.2 Å². The number of aromatic carboxylic acids is 1. The molecular weight excluding hydrogens is 294 g/mol. The molecule has 7 nitrogen and oxygen atoms in total. The Balaban J connectivity index is 2.20. The van der Waals surface area contributed by atoms with Crippen LogP contribution in [0.2, 0.25) is 0 Å². The number of aryl methyl sites for hydroxylation is 2. The lowest BCUT2D eigenvalue weighted by molar-refractivity contribution is 0.0696. The highest BCUT2D eigenvalue weighted by molar-refractivity contribution is 7.89. The molecule has 0 unspecified atom stereocenters. The first kappa shape index (κ1) is 15.2. The Bertz CT molecular complexity index is 780. The number of carboxylic acids is 1. The van der Waals surface area contributed by atoms with E-state index in [0.29, 0.717) is 0 Å². The summed E-state index contributed by atoms with van der Waals surface area (Å²) in [5, 5.41) is 13.0. The molecule has 2 rings (SSSR count). The predicted molar refractivity (Wildman–Crippen MR) is 75.4 cm³/mol. The summed E-state index contributed by atoms with van der Waals surface area (Å²) < 4.78 is 28.4. The summed E-state index contributed by atoms with van der Waals surface area (Å²) in [6.07, 6.45) is 1.73. The van der Waals surface area contributed by atoms with Crippen molar-refractivity contribution in [2.45, 2.75) is 18.4 Å². The first-order valence-electron chi connectivity index (χ1n) is 6.12. The average Bonchev–Trinajstić information content (AvgIpc) is 2.75. The molecule has 112 valence electrons. The lowest BCUT2D eigenvalue weighted by atomic mass is 10.2. The minimum Gasteiger partial charge on any atom is -0.478 e. The van der Waals surface area contributed by atoms with Gasteiger partial charge in [-0.3, -0.25) is 4.68 Å². The predicted octanol–water partition coefficient (Wildman–Crippen LogP) is 0.905. The van der Waals surface area contributed by atoms with Gasteiger partial charge in [0, 0.05) is 25.4 Å². The van der Waals surface area contributed by atoms with Crippen LogP contribution in [0.25, 0.3) is 0 Å². The van der Waals surface area contributed by atoms with Crippen molar-refractivity contribution in [1.29, 1.82) is 0 Å². The Morgan fingerprint density at radius 3 is 2.71 bits per heavy atom. The van der Waals surface area contributed by atoms with E-state index in [0.717, 1.165) is 17.3 Å². The van der Waals surface area contributed by atoms with Crippen molar-refractivity contribution >= 4 is 16.0 Å². The van der Waals surface area contributed by atoms with Gasteiger partial charge in [-0.2, -0.15) is 5.10 Å². The fourth-order valence-electron chi connectivity index (χ4n) is 1.87. The molecule has 0 aliphatic heterocycles. The van der Waals surface area contributed by atoms with Gasteiger partial charge in [0.2, 0.25) is 10.0 Å². The normalized spacial score (nSPS) is 11.5. The smallest absolute Gasteiger partial charge is 0.335 e. The second-order valence-electron chi connectivity index (χ2n) is 4.57. The maximum Gasteiger partial charge on any atom is 0.335 e. The van der Waals surface area contributed by atoms with Crippen molar-refractivity contribution in [3.05, 3.63) is 47.3 Å². The summed E-state index contributed by atoms with van der Waals surface area (Å²) in [5.74, 6) is -1.17. The lowest BCUT2D eigenvalue weighted by Gasteiger charge is -2.07. The first-order valence-corrected chi connectivity index (χ1v) is 7.60. The molecule has 0 aliphatic rings. The van der Waals surface area contributed by atoms with E-state index in [-0.39, 0.29) is 17.0 Å². The van der Waals surface area contributed by atoms with E-state index in [9.17, 15) is 13.2 Å². The van der Waals surface area contributed by atoms with Crippen LogP contribution in [0.5, 0.6) is 0 Å². The van der Waals surface area contributed by atoms with Crippen LogP contribution in [0.3, 0.4) is 0 Å². The number of hydrogen-bond donors (Lipinski definition) is 2. The fraction of sp³-hybridized carbons (Fsp3) is 0.231. The molecule has 8 heteroatoms. The van der Waals surface area contributed by atoms with Gasteiger partial charge in [0.1, 0.15) is 0 Å². The van der Waals surface area contributed by atoms with Crippen LogP contribution in [0.4, 0.5) is 0 Å². The summed E-state index contributed by atoms with van der Waals surface area (Å²) in [6, 6.07) is 5.21. The monoisotopic (exact) mass is 309 g/mol. The Morgan fingerprint density at radius 2 is 2.14 bits per heavy atom. The fourth-order valence-corrected chi connectivity index (χ4v) is 2.93. The topological polar surface area (TPSA) is 101 Å². The van der Waals surface area contributed by atoms with Gasteiger partial charge in [0.25, 0.3) is 0 Å². The van der Waals surface area contributed by atoms with Crippen molar-refractivity contribution in [3.63, 3.8) is 0 Å². The number of benzene rings is 1. The number of rotatable bonds is 5. The minimum absolute atomic E-state index is 0.0737. The third kappa shape index (κ3) is 3.47. The zero-order valence-electron chi connectivity index (χ0n) is 11.6. The minimum atomic E-state index is -3.77. The van der Waals surface area contributed by atoms with Crippen LogP contribution in [0.1, 0.15) is 21.6 Å². The van der Waals surface area contributed by atoms with E-state index in [4.69, 9.17) is 5.11 Å². The van der Waals surface area contributed by atoms with Crippen molar-refractivity contribution in [1.82, 2.24) is 14.5 Å². The Hall–Kier alpha value is -2.19. The van der Waals surface area contributed by atoms with Crippen LogP contribution < -0.4 is 4.72 Å². The number of nitrogens with zero attached hydrogens (tertiary/aromatic N) is 2. The first-order chi connectivity index (χ1) is 9.79. The molecule has 0 saturated carbocycles. The molecule has 0 radical (unpaired) electrons. The van der Waals surface area contributed by atoms with Crippen LogP contribution in [-0.4, -0.2) is 29.3 Å². The maximum absolute atomic E-state index is 12.2. The Morgan fingerprint density at radius 1 is 1.43 bits per heavy atom. The molecule has 1 heterocycles. The molecule has 0 fully saturated rings. The van der Waals surface area contributed by atoms with Gasteiger partial charge in [0.15, 0.2) is 0 Å². The largest absolute Gasteiger partial charge is 0.478 e. The number of aromatic nitrogens is 2. The Kier molecular flexibility index (Phi) is 4.10. The van der Waals surface area contributed by atoms with Gasteiger partial charge >= 0.3 is 5.97 Å². The van der Waals surface area contributed by atoms with E-state index in [1.54, 1.807) is 24.9 Å². The summed E-state index contributed by atoms with van der Waals surface area (Å²) in [4.78, 5) is 10.8. The van der Waals surface area contributed by atoms with Crippen molar-refractivity contribution < 1.29 is 18.3 Å².